The molecule has 0 aromatic carbocycles. The summed E-state index contributed by atoms with van der Waals surface area (Å²) < 4.78 is 11.5. The van der Waals surface area contributed by atoms with E-state index in [9.17, 15) is 0 Å². The summed E-state index contributed by atoms with van der Waals surface area (Å²) in [6, 6.07) is 0. The van der Waals surface area contributed by atoms with Gasteiger partial charge in [0, 0.05) is 19.2 Å². The highest BCUT2D eigenvalue weighted by Gasteiger charge is 2.20. The van der Waals surface area contributed by atoms with E-state index >= 15 is 0 Å². The maximum atomic E-state index is 5.60. The predicted molar refractivity (Wildman–Crippen MR) is 77.4 cm³/mol. The van der Waals surface area contributed by atoms with Gasteiger partial charge in [-0.05, 0) is 39.3 Å². The average molecular weight is 361 g/mol. The third kappa shape index (κ3) is 2.85. The number of nitrogens with zero attached hydrogens (tertiary/aromatic N) is 3. The second-order valence-corrected chi connectivity index (χ2v) is 5.13. The third-order valence-corrected chi connectivity index (χ3v) is 4.08. The van der Waals surface area contributed by atoms with Crippen molar-refractivity contribution in [2.24, 2.45) is 0 Å². The summed E-state index contributed by atoms with van der Waals surface area (Å²) in [5.74, 6) is 0.479. The molecular weight excluding hydrogens is 345 g/mol. The first-order valence-corrected chi connectivity index (χ1v) is 7.05. The lowest BCUT2D eigenvalue weighted by molar-refractivity contribution is 0.252. The van der Waals surface area contributed by atoms with Crippen LogP contribution >= 0.6 is 22.6 Å². The Hall–Kier alpha value is -1.05. The Kier molecular flexibility index (Phi) is 4.62. The molecule has 0 radical (unpaired) electrons. The lowest BCUT2D eigenvalue weighted by Gasteiger charge is -2.22. The van der Waals surface area contributed by atoms with E-state index in [2.05, 4.69) is 50.8 Å². The molecule has 6 heteroatoms. The molecule has 1 aliphatic heterocycles. The lowest BCUT2D eigenvalue weighted by atomic mass is 10.1. The van der Waals surface area contributed by atoms with Crippen molar-refractivity contribution >= 4 is 28.2 Å². The Balaban J connectivity index is 2.21. The van der Waals surface area contributed by atoms with E-state index in [-0.39, 0.29) is 0 Å². The van der Waals surface area contributed by atoms with E-state index in [1.807, 2.05) is 13.1 Å². The average Bonchev–Trinajstić information content (AvgIpc) is 2.81. The smallest absolute Gasteiger partial charge is 0.284 e. The van der Waals surface area contributed by atoms with Gasteiger partial charge in [0.05, 0.1) is 10.3 Å². The highest BCUT2D eigenvalue weighted by Crippen LogP contribution is 2.32. The van der Waals surface area contributed by atoms with E-state index in [1.165, 1.54) is 0 Å². The molecule has 0 aliphatic carbocycles. The fourth-order valence-corrected chi connectivity index (χ4v) is 2.24. The van der Waals surface area contributed by atoms with Crippen molar-refractivity contribution < 1.29 is 9.37 Å². The van der Waals surface area contributed by atoms with Gasteiger partial charge in [0.15, 0.2) is 5.69 Å². The summed E-state index contributed by atoms with van der Waals surface area (Å²) in [6.07, 6.45) is 6.21. The van der Waals surface area contributed by atoms with Crippen LogP contribution in [0.2, 0.25) is 0 Å². The second-order valence-electron chi connectivity index (χ2n) is 4.11. The highest BCUT2D eigenvalue weighted by molar-refractivity contribution is 14.1. The van der Waals surface area contributed by atoms with Crippen LogP contribution in [0.1, 0.15) is 25.5 Å². The normalized spacial score (nSPS) is 15.4. The number of hydrogen-bond donors (Lipinski definition) is 0. The SMILES string of the molecule is CCCCOc1nonc1C1=C(I)N(C)CC=C1. The molecule has 1 aromatic heterocycles. The molecule has 0 spiro atoms. The van der Waals surface area contributed by atoms with Crippen molar-refractivity contribution in [1.82, 2.24) is 15.2 Å². The Morgan fingerprint density at radius 3 is 3.11 bits per heavy atom. The van der Waals surface area contributed by atoms with Gasteiger partial charge in [-0.3, -0.25) is 0 Å². The number of hydrogen-bond acceptors (Lipinski definition) is 5. The number of unbranched alkanes of at least 4 members (excludes halogenated alkanes) is 1. The van der Waals surface area contributed by atoms with Crippen LogP contribution in [0.3, 0.4) is 0 Å². The van der Waals surface area contributed by atoms with Gasteiger partial charge in [0.2, 0.25) is 0 Å². The molecule has 2 heterocycles. The van der Waals surface area contributed by atoms with Gasteiger partial charge in [0.1, 0.15) is 0 Å². The molecule has 0 N–H and O–H groups in total. The van der Waals surface area contributed by atoms with Gasteiger partial charge in [-0.25, -0.2) is 4.63 Å². The summed E-state index contributed by atoms with van der Waals surface area (Å²) >= 11 is 2.30. The molecule has 1 aliphatic rings. The molecule has 0 fully saturated rings. The lowest BCUT2D eigenvalue weighted by Crippen LogP contribution is -2.18. The van der Waals surface area contributed by atoms with Crippen LogP contribution in [-0.4, -0.2) is 35.4 Å². The monoisotopic (exact) mass is 361 g/mol. The third-order valence-electron chi connectivity index (χ3n) is 2.67. The number of allylic oxidation sites excluding steroid dienone is 2. The molecule has 1 aromatic rings. The molecule has 0 atom stereocenters. The van der Waals surface area contributed by atoms with Crippen LogP contribution in [0, 0.1) is 0 Å². The van der Waals surface area contributed by atoms with Gasteiger partial charge in [0.25, 0.3) is 5.88 Å². The van der Waals surface area contributed by atoms with Crippen molar-refractivity contribution in [2.45, 2.75) is 19.8 Å². The van der Waals surface area contributed by atoms with E-state index in [0.717, 1.165) is 28.7 Å². The minimum atomic E-state index is 0.479. The van der Waals surface area contributed by atoms with Gasteiger partial charge in [-0.1, -0.05) is 25.5 Å². The predicted octanol–water partition coefficient (Wildman–Crippen LogP) is 2.85. The summed E-state index contributed by atoms with van der Waals surface area (Å²) in [4.78, 5) is 2.14. The summed E-state index contributed by atoms with van der Waals surface area (Å²) in [5.41, 5.74) is 1.68. The maximum Gasteiger partial charge on any atom is 0.284 e. The molecule has 0 saturated heterocycles. The first-order chi connectivity index (χ1) is 8.74. The second kappa shape index (κ2) is 6.21. The zero-order valence-electron chi connectivity index (χ0n) is 10.5. The summed E-state index contributed by atoms with van der Waals surface area (Å²) in [7, 11) is 2.04. The van der Waals surface area contributed by atoms with E-state index < -0.39 is 0 Å². The van der Waals surface area contributed by atoms with Crippen molar-refractivity contribution in [1.29, 1.82) is 0 Å². The summed E-state index contributed by atoms with van der Waals surface area (Å²) in [5, 5.41) is 7.78. The highest BCUT2D eigenvalue weighted by atomic mass is 127. The molecule has 0 unspecified atom stereocenters. The van der Waals surface area contributed by atoms with Crippen LogP contribution in [-0.2, 0) is 0 Å². The minimum absolute atomic E-state index is 0.479. The van der Waals surface area contributed by atoms with Crippen LogP contribution in [0.15, 0.2) is 20.5 Å². The van der Waals surface area contributed by atoms with Crippen molar-refractivity contribution in [3.8, 4) is 5.88 Å². The Morgan fingerprint density at radius 1 is 1.50 bits per heavy atom. The molecule has 98 valence electrons. The molecule has 18 heavy (non-hydrogen) atoms. The molecule has 5 nitrogen and oxygen atoms in total. The standard InChI is InChI=1S/C12H16IN3O2/c1-3-4-8-17-12-10(14-18-15-12)9-6-5-7-16(2)11(9)13/h5-6H,3-4,7-8H2,1-2H3. The molecule has 0 amide bonds. The zero-order chi connectivity index (χ0) is 13.0. The molecule has 2 rings (SSSR count). The van der Waals surface area contributed by atoms with Crippen LogP contribution < -0.4 is 4.74 Å². The van der Waals surface area contributed by atoms with E-state index in [0.29, 0.717) is 18.2 Å². The molecule has 0 bridgehead atoms. The number of halogens is 1. The van der Waals surface area contributed by atoms with Crippen LogP contribution in [0.25, 0.3) is 5.57 Å². The Labute approximate surface area is 120 Å². The fraction of sp³-hybridized carbons (Fsp3) is 0.500. The largest absolute Gasteiger partial charge is 0.474 e. The summed E-state index contributed by atoms with van der Waals surface area (Å²) in [6.45, 7) is 3.66. The van der Waals surface area contributed by atoms with Gasteiger partial charge in [-0.15, -0.1) is 0 Å². The van der Waals surface area contributed by atoms with E-state index in [4.69, 9.17) is 9.37 Å². The quantitative estimate of drug-likeness (QED) is 0.459. The Bertz CT molecular complexity index is 468. The van der Waals surface area contributed by atoms with Crippen molar-refractivity contribution in [3.05, 3.63) is 21.5 Å². The first-order valence-electron chi connectivity index (χ1n) is 5.97. The minimum Gasteiger partial charge on any atom is -0.474 e. The number of rotatable bonds is 5. The van der Waals surface area contributed by atoms with Gasteiger partial charge in [-0.2, -0.15) is 0 Å². The van der Waals surface area contributed by atoms with Crippen LogP contribution in [0.4, 0.5) is 0 Å². The maximum absolute atomic E-state index is 5.60. The topological polar surface area (TPSA) is 51.4 Å². The van der Waals surface area contributed by atoms with E-state index in [1.54, 1.807) is 0 Å². The number of aromatic nitrogens is 2. The molecular formula is C12H16IN3O2. The Morgan fingerprint density at radius 2 is 2.33 bits per heavy atom. The number of likely N-dealkylation sites (N-methyl/N-ethyl adjacent to an activating group) is 1. The van der Waals surface area contributed by atoms with Crippen molar-refractivity contribution in [3.63, 3.8) is 0 Å². The first kappa shape index (κ1) is 13.4. The van der Waals surface area contributed by atoms with Crippen molar-refractivity contribution in [2.75, 3.05) is 20.2 Å². The fourth-order valence-electron chi connectivity index (χ4n) is 1.61. The molecule has 0 saturated carbocycles. The van der Waals surface area contributed by atoms with Gasteiger partial charge >= 0.3 is 0 Å². The van der Waals surface area contributed by atoms with Crippen LogP contribution in [0.5, 0.6) is 5.88 Å². The number of ether oxygens (including phenoxy) is 1. The zero-order valence-corrected chi connectivity index (χ0v) is 12.7. The van der Waals surface area contributed by atoms with Gasteiger partial charge < -0.3 is 9.64 Å².